The molecule has 0 bridgehead atoms. The molecule has 0 radical (unpaired) electrons. The maximum atomic E-state index is 14.0. The van der Waals surface area contributed by atoms with Gasteiger partial charge in [-0.1, -0.05) is 30.3 Å². The molecule has 25 nitrogen and oxygen atoms in total. The molecule has 69 heavy (non-hydrogen) atoms. The molecule has 0 saturated carbocycles. The molecule has 31 heteroatoms. The minimum Gasteiger partial charge on any atom is -0.453 e. The monoisotopic (exact) mass is 1080 g/mol. The third kappa shape index (κ3) is 11.5. The summed E-state index contributed by atoms with van der Waals surface area (Å²) in [5, 5.41) is 10.3. The van der Waals surface area contributed by atoms with Gasteiger partial charge in [-0.3, -0.25) is 42.4 Å². The molecule has 0 spiro atoms. The first kappa shape index (κ1) is 52.6. The molecule has 0 saturated heterocycles. The molecule has 1 aliphatic carbocycles. The third-order valence-corrected chi connectivity index (χ3v) is 15.5. The van der Waals surface area contributed by atoms with Crippen LogP contribution in [0.5, 0.6) is 0 Å². The Bertz CT molecular complexity index is 3820. The Morgan fingerprint density at radius 1 is 0.652 bits per heavy atom. The smallest absolute Gasteiger partial charge is 0.300 e. The highest BCUT2D eigenvalue weighted by Crippen LogP contribution is 2.46. The summed E-state index contributed by atoms with van der Waals surface area (Å²) in [6.45, 7) is -1.87. The van der Waals surface area contributed by atoms with Crippen LogP contribution in [0.1, 0.15) is 27.9 Å². The summed E-state index contributed by atoms with van der Waals surface area (Å²) in [5.74, 6) is -1.62. The van der Waals surface area contributed by atoms with E-state index in [9.17, 15) is 82.6 Å². The summed E-state index contributed by atoms with van der Waals surface area (Å²) in [6.07, 6.45) is 0.140. The van der Waals surface area contributed by atoms with E-state index in [0.29, 0.717) is 12.1 Å². The van der Waals surface area contributed by atoms with Crippen molar-refractivity contribution in [3.63, 3.8) is 0 Å². The van der Waals surface area contributed by atoms with Crippen molar-refractivity contribution in [2.24, 2.45) is 4.99 Å². The minimum atomic E-state index is -5.63. The van der Waals surface area contributed by atoms with Crippen LogP contribution in [0.15, 0.2) is 124 Å². The molecule has 1 aliphatic heterocycles. The lowest BCUT2D eigenvalue weighted by Gasteiger charge is -2.23. The molecular formula is C38H35N3O22S6. The van der Waals surface area contributed by atoms with Gasteiger partial charge in [-0.25, -0.2) is 4.89 Å². The number of amides is 1. The number of hydrogen-bond acceptors (Lipinski definition) is 18. The van der Waals surface area contributed by atoms with Gasteiger partial charge in [-0.05, 0) is 77.7 Å². The lowest BCUT2D eigenvalue weighted by atomic mass is 9.90. The number of nitrogens with one attached hydrogen (secondary N) is 1. The Hall–Kier alpha value is -5.78. The van der Waals surface area contributed by atoms with E-state index in [0.717, 1.165) is 48.5 Å². The molecule has 0 aromatic heterocycles. The van der Waals surface area contributed by atoms with Crippen LogP contribution in [0.25, 0.3) is 33.4 Å². The van der Waals surface area contributed by atoms with Crippen molar-refractivity contribution in [3.8, 4) is 22.5 Å². The highest BCUT2D eigenvalue weighted by atomic mass is 32.2. The van der Waals surface area contributed by atoms with Crippen molar-refractivity contribution >= 4 is 83.3 Å². The maximum absolute atomic E-state index is 14.0. The van der Waals surface area contributed by atoms with Crippen LogP contribution < -0.4 is 10.7 Å². The molecule has 370 valence electrons. The van der Waals surface area contributed by atoms with Crippen LogP contribution in [0.4, 0.5) is 5.69 Å². The van der Waals surface area contributed by atoms with Crippen molar-refractivity contribution in [3.05, 3.63) is 107 Å². The number of anilines is 1. The van der Waals surface area contributed by atoms with E-state index in [-0.39, 0.29) is 47.2 Å². The Morgan fingerprint density at radius 2 is 1.22 bits per heavy atom. The zero-order valence-electron chi connectivity index (χ0n) is 34.7. The fourth-order valence-electron chi connectivity index (χ4n) is 7.09. The largest absolute Gasteiger partial charge is 0.453 e. The van der Waals surface area contributed by atoms with Gasteiger partial charge in [0.05, 0.1) is 34.0 Å². The highest BCUT2D eigenvalue weighted by Gasteiger charge is 2.33. The van der Waals surface area contributed by atoms with E-state index >= 15 is 0 Å². The lowest BCUT2D eigenvalue weighted by Crippen LogP contribution is -2.28. The van der Waals surface area contributed by atoms with Gasteiger partial charge in [0.15, 0.2) is 21.1 Å². The first-order valence-electron chi connectivity index (χ1n) is 18.9. The molecule has 6 rings (SSSR count). The summed E-state index contributed by atoms with van der Waals surface area (Å²) in [7, 11) is -30.4. The molecule has 2 aliphatic rings. The normalized spacial score (nSPS) is 13.2. The first-order chi connectivity index (χ1) is 31.8. The number of carbonyl (C=O) groups is 1. The van der Waals surface area contributed by atoms with Gasteiger partial charge < -0.3 is 14.6 Å². The second kappa shape index (κ2) is 19.2. The molecule has 8 N–H and O–H groups in total. The number of rotatable bonds is 17. The molecule has 1 heterocycles. The van der Waals surface area contributed by atoms with Crippen LogP contribution in [0.2, 0.25) is 0 Å². The van der Waals surface area contributed by atoms with Gasteiger partial charge >= 0.3 is 0 Å². The number of hydrogen-bond donors (Lipinski definition) is 8. The van der Waals surface area contributed by atoms with Crippen molar-refractivity contribution in [2.45, 2.75) is 48.9 Å². The van der Waals surface area contributed by atoms with Crippen LogP contribution in [0.3, 0.4) is 0 Å². The second-order valence-electron chi connectivity index (χ2n) is 14.6. The van der Waals surface area contributed by atoms with Crippen molar-refractivity contribution in [1.29, 1.82) is 0 Å². The SMILES string of the molecule is CN(CCCOO)C(=O)c1ccccc1-c1c2cc/c(=N/Cc3ccc(S(=O)(=O)O)cc3S(=O)(=O)O)c(S(=O)(=O)O)c-2oc2c(S(=O)(=O)O)c(NCc3ccc(S(=O)(=O)O)cc3S(=O)(=O)O)ccc12. The summed E-state index contributed by atoms with van der Waals surface area (Å²) >= 11 is 0. The average molecular weight is 1080 g/mol. The Kier molecular flexibility index (Phi) is 14.6. The second-order valence-corrected chi connectivity index (χ2v) is 22.9. The van der Waals surface area contributed by atoms with Crippen molar-refractivity contribution in [2.75, 3.05) is 25.5 Å². The molecule has 0 atom stereocenters. The molecule has 4 aromatic carbocycles. The first-order valence-corrected chi connectivity index (χ1v) is 27.5. The van der Waals surface area contributed by atoms with Gasteiger partial charge in [0.2, 0.25) is 0 Å². The van der Waals surface area contributed by atoms with Crippen LogP contribution in [0, 0.1) is 0 Å². The fraction of sp³-hybridized carbons (Fsp3) is 0.158. The minimum absolute atomic E-state index is 0.00865. The Labute approximate surface area is 392 Å². The molecule has 0 unspecified atom stereocenters. The Morgan fingerprint density at radius 3 is 1.77 bits per heavy atom. The molecule has 0 fully saturated rings. The predicted octanol–water partition coefficient (Wildman–Crippen LogP) is 3.35. The third-order valence-electron chi connectivity index (χ3n) is 10.1. The highest BCUT2D eigenvalue weighted by molar-refractivity contribution is 7.87. The van der Waals surface area contributed by atoms with E-state index in [1.807, 2.05) is 0 Å². The van der Waals surface area contributed by atoms with E-state index < -0.39 is 143 Å². The van der Waals surface area contributed by atoms with Gasteiger partial charge in [0, 0.05) is 42.2 Å². The summed E-state index contributed by atoms with van der Waals surface area (Å²) in [5.41, 5.74) is -3.12. The van der Waals surface area contributed by atoms with Gasteiger partial charge in [-0.15, -0.1) is 0 Å². The summed E-state index contributed by atoms with van der Waals surface area (Å²) in [6, 6.07) is 13.7. The number of benzene rings is 5. The Balaban J connectivity index is 1.71. The van der Waals surface area contributed by atoms with Gasteiger partial charge in [0.1, 0.15) is 9.79 Å². The predicted molar refractivity (Wildman–Crippen MR) is 237 cm³/mol. The van der Waals surface area contributed by atoms with Crippen molar-refractivity contribution in [1.82, 2.24) is 4.90 Å². The maximum Gasteiger partial charge on any atom is 0.300 e. The number of nitrogens with zero attached hydrogens (tertiary/aromatic N) is 2. The number of carbonyl (C=O) groups excluding carboxylic acids is 1. The van der Waals surface area contributed by atoms with Crippen molar-refractivity contribution < 1.29 is 97.2 Å². The van der Waals surface area contributed by atoms with Crippen LogP contribution >= 0.6 is 0 Å². The van der Waals surface area contributed by atoms with E-state index in [1.165, 1.54) is 36.2 Å². The topological polar surface area (TPSA) is 414 Å². The zero-order chi connectivity index (χ0) is 51.2. The standard InChI is InChI=1S/C38H35N3O22S6/c1-41(15-4-16-62-43)38(42)26-6-3-2-5-25(26)33-27-11-13-29(39-19-21-7-9-23(64(44,45)46)17-31(21)66(50,51)52)36(68(56,57)58)34(27)63-35-28(33)12-14-30(37(35)69(59,60)61)40-20-22-8-10-24(65(47,48)49)18-32(22)67(53,54)55/h2-3,5-14,17-18,39,43H,4,15-16,19-20H2,1H3,(H,44,45,46)(H,47,48,49)(H,50,51,52)(H,53,54,55)(H,56,57,58)(H,59,60,61)/b40-30-. The van der Waals surface area contributed by atoms with Crippen LogP contribution in [-0.4, -0.2) is 114 Å². The van der Waals surface area contributed by atoms with Crippen LogP contribution in [-0.2, 0) is 78.7 Å². The lowest BCUT2D eigenvalue weighted by molar-refractivity contribution is -0.242. The molecule has 4 aromatic rings. The van der Waals surface area contributed by atoms with Gasteiger partial charge in [-0.2, -0.15) is 50.5 Å². The van der Waals surface area contributed by atoms with E-state index in [1.54, 1.807) is 0 Å². The average Bonchev–Trinajstić information content (AvgIpc) is 3.23. The summed E-state index contributed by atoms with van der Waals surface area (Å²) in [4.78, 5) is 16.9. The number of fused-ring (bicyclic) bond motifs is 2. The quantitative estimate of drug-likeness (QED) is 0.0213. The fourth-order valence-corrected chi connectivity index (χ4v) is 11.3. The summed E-state index contributed by atoms with van der Waals surface area (Å²) < 4.78 is 216. The van der Waals surface area contributed by atoms with E-state index in [2.05, 4.69) is 15.2 Å². The van der Waals surface area contributed by atoms with E-state index in [4.69, 9.17) is 9.67 Å². The molecule has 1 amide bonds. The van der Waals surface area contributed by atoms with Gasteiger partial charge in [0.25, 0.3) is 66.6 Å². The molecular weight excluding hydrogens is 1040 g/mol. The zero-order valence-corrected chi connectivity index (χ0v) is 39.6.